The van der Waals surface area contributed by atoms with E-state index in [0.717, 1.165) is 63.1 Å². The first kappa shape index (κ1) is 18.9. The Morgan fingerprint density at radius 3 is 2.72 bits per heavy atom. The molecule has 3 heterocycles. The third kappa shape index (κ3) is 3.73. The molecule has 3 aliphatic rings. The first-order chi connectivity index (χ1) is 14.2. The number of hydrogen-bond donors (Lipinski definition) is 0. The molecule has 5 rings (SSSR count). The Balaban J connectivity index is 1.36. The Morgan fingerprint density at radius 1 is 1.07 bits per heavy atom. The van der Waals surface area contributed by atoms with Gasteiger partial charge in [0.2, 0.25) is 5.95 Å². The van der Waals surface area contributed by atoms with Gasteiger partial charge in [0.15, 0.2) is 0 Å². The fourth-order valence-electron chi connectivity index (χ4n) is 5.47. The molecule has 0 atom stereocenters. The smallest absolute Gasteiger partial charge is 0.279 e. The highest BCUT2D eigenvalue weighted by atomic mass is 16.1. The van der Waals surface area contributed by atoms with Crippen LogP contribution in [0.2, 0.25) is 0 Å². The van der Waals surface area contributed by atoms with Crippen LogP contribution in [0.25, 0.3) is 0 Å². The van der Waals surface area contributed by atoms with Gasteiger partial charge in [-0.15, -0.1) is 0 Å². The van der Waals surface area contributed by atoms with Gasteiger partial charge >= 0.3 is 0 Å². The van der Waals surface area contributed by atoms with Crippen molar-refractivity contribution in [2.24, 2.45) is 5.92 Å². The Bertz CT molecular complexity index is 944. The number of aromatic nitrogens is 2. The van der Waals surface area contributed by atoms with E-state index in [1.807, 2.05) is 0 Å². The monoisotopic (exact) mass is 392 g/mol. The zero-order valence-electron chi connectivity index (χ0n) is 17.6. The number of fused-ring (bicyclic) bond motifs is 3. The van der Waals surface area contributed by atoms with E-state index in [1.165, 1.54) is 48.9 Å². The normalized spacial score (nSPS) is 20.0. The van der Waals surface area contributed by atoms with E-state index in [2.05, 4.69) is 50.5 Å². The van der Waals surface area contributed by atoms with Crippen molar-refractivity contribution in [3.63, 3.8) is 0 Å². The number of rotatable bonds is 4. The Kier molecular flexibility index (Phi) is 5.17. The molecule has 0 amide bonds. The Morgan fingerprint density at radius 2 is 1.90 bits per heavy atom. The molecule has 1 aromatic heterocycles. The van der Waals surface area contributed by atoms with Crippen molar-refractivity contribution in [3.05, 3.63) is 57.0 Å². The summed E-state index contributed by atoms with van der Waals surface area (Å²) in [6.45, 7) is 7.87. The largest absolute Gasteiger partial charge is 0.336 e. The molecule has 1 fully saturated rings. The first-order valence-electron chi connectivity index (χ1n) is 11.3. The van der Waals surface area contributed by atoms with Gasteiger partial charge in [-0.2, -0.15) is 4.98 Å². The van der Waals surface area contributed by atoms with Crippen LogP contribution in [-0.2, 0) is 26.1 Å². The molecule has 1 aromatic carbocycles. The molecule has 0 radical (unpaired) electrons. The Labute approximate surface area is 173 Å². The SMILES string of the molecule is Cc1ccccc1CN1CCn2c1nc(=O)c1c2CCN(CC2CCCCC2)C1. The molecule has 1 saturated carbocycles. The lowest BCUT2D eigenvalue weighted by Crippen LogP contribution is -2.40. The number of hydrogen-bond acceptors (Lipinski definition) is 4. The zero-order valence-corrected chi connectivity index (χ0v) is 17.6. The molecular formula is C24H32N4O. The Hall–Kier alpha value is -2.14. The molecule has 29 heavy (non-hydrogen) atoms. The molecule has 2 aliphatic heterocycles. The molecule has 5 heteroatoms. The van der Waals surface area contributed by atoms with Crippen molar-refractivity contribution in [2.75, 3.05) is 24.5 Å². The van der Waals surface area contributed by atoms with Crippen molar-refractivity contribution in [1.29, 1.82) is 0 Å². The maximum atomic E-state index is 12.9. The molecule has 5 nitrogen and oxygen atoms in total. The van der Waals surface area contributed by atoms with Crippen molar-refractivity contribution in [3.8, 4) is 0 Å². The summed E-state index contributed by atoms with van der Waals surface area (Å²) in [6, 6.07) is 8.50. The van der Waals surface area contributed by atoms with Crippen LogP contribution >= 0.6 is 0 Å². The molecule has 0 spiro atoms. The molecule has 0 bridgehead atoms. The molecule has 1 aliphatic carbocycles. The molecule has 0 unspecified atom stereocenters. The van der Waals surface area contributed by atoms with Crippen molar-refractivity contribution >= 4 is 5.95 Å². The number of anilines is 1. The van der Waals surface area contributed by atoms with E-state index in [0.29, 0.717) is 0 Å². The van der Waals surface area contributed by atoms with Gasteiger partial charge in [0, 0.05) is 51.4 Å². The average Bonchev–Trinajstić information content (AvgIpc) is 3.13. The second-order valence-electron chi connectivity index (χ2n) is 9.13. The summed E-state index contributed by atoms with van der Waals surface area (Å²) in [4.78, 5) is 22.3. The van der Waals surface area contributed by atoms with E-state index in [4.69, 9.17) is 0 Å². The molecular weight excluding hydrogens is 360 g/mol. The van der Waals surface area contributed by atoms with Gasteiger partial charge in [0.05, 0.1) is 5.56 Å². The van der Waals surface area contributed by atoms with Gasteiger partial charge in [-0.1, -0.05) is 43.5 Å². The van der Waals surface area contributed by atoms with Crippen LogP contribution in [0.3, 0.4) is 0 Å². The van der Waals surface area contributed by atoms with Gasteiger partial charge in [0.25, 0.3) is 5.56 Å². The highest BCUT2D eigenvalue weighted by Crippen LogP contribution is 2.29. The van der Waals surface area contributed by atoms with Crippen LogP contribution < -0.4 is 10.5 Å². The summed E-state index contributed by atoms with van der Waals surface area (Å²) in [7, 11) is 0. The molecule has 0 saturated heterocycles. The van der Waals surface area contributed by atoms with Crippen molar-refractivity contribution in [1.82, 2.24) is 14.5 Å². The molecule has 154 valence electrons. The second-order valence-corrected chi connectivity index (χ2v) is 9.13. The summed E-state index contributed by atoms with van der Waals surface area (Å²) >= 11 is 0. The fraction of sp³-hybridized carbons (Fsp3) is 0.583. The van der Waals surface area contributed by atoms with Crippen LogP contribution in [0, 0.1) is 12.8 Å². The second kappa shape index (κ2) is 7.94. The van der Waals surface area contributed by atoms with Crippen molar-refractivity contribution < 1.29 is 0 Å². The summed E-state index contributed by atoms with van der Waals surface area (Å²) in [6.07, 6.45) is 7.85. The predicted octanol–water partition coefficient (Wildman–Crippen LogP) is 3.51. The van der Waals surface area contributed by atoms with Gasteiger partial charge < -0.3 is 9.47 Å². The van der Waals surface area contributed by atoms with E-state index >= 15 is 0 Å². The van der Waals surface area contributed by atoms with Gasteiger partial charge in [-0.25, -0.2) is 0 Å². The molecule has 0 N–H and O–H groups in total. The highest BCUT2D eigenvalue weighted by Gasteiger charge is 2.30. The van der Waals surface area contributed by atoms with E-state index in [-0.39, 0.29) is 5.56 Å². The lowest BCUT2D eigenvalue weighted by molar-refractivity contribution is 0.183. The summed E-state index contributed by atoms with van der Waals surface area (Å²) in [5.74, 6) is 1.69. The van der Waals surface area contributed by atoms with Crippen LogP contribution in [-0.4, -0.2) is 34.1 Å². The minimum atomic E-state index is -0.00345. The van der Waals surface area contributed by atoms with Gasteiger partial charge in [-0.3, -0.25) is 9.69 Å². The summed E-state index contributed by atoms with van der Waals surface area (Å²) in [5, 5.41) is 0. The third-order valence-corrected chi connectivity index (χ3v) is 7.16. The summed E-state index contributed by atoms with van der Waals surface area (Å²) in [5.41, 5.74) is 4.80. The lowest BCUT2D eigenvalue weighted by atomic mass is 9.88. The van der Waals surface area contributed by atoms with Crippen LogP contribution in [0.5, 0.6) is 0 Å². The highest BCUT2D eigenvalue weighted by molar-refractivity contribution is 5.42. The maximum absolute atomic E-state index is 12.9. The number of aryl methyl sites for hydroxylation is 1. The average molecular weight is 393 g/mol. The fourth-order valence-corrected chi connectivity index (χ4v) is 5.47. The lowest BCUT2D eigenvalue weighted by Gasteiger charge is -2.33. The molecule has 2 aromatic rings. The van der Waals surface area contributed by atoms with Crippen LogP contribution in [0.15, 0.2) is 29.1 Å². The number of benzene rings is 1. The minimum absolute atomic E-state index is 0.00345. The third-order valence-electron chi connectivity index (χ3n) is 7.16. The topological polar surface area (TPSA) is 41.4 Å². The number of nitrogens with zero attached hydrogens (tertiary/aromatic N) is 4. The van der Waals surface area contributed by atoms with Crippen LogP contribution in [0.1, 0.15) is 54.5 Å². The van der Waals surface area contributed by atoms with E-state index in [1.54, 1.807) is 0 Å². The first-order valence-corrected chi connectivity index (χ1v) is 11.3. The minimum Gasteiger partial charge on any atom is -0.336 e. The van der Waals surface area contributed by atoms with Gasteiger partial charge in [-0.05, 0) is 36.8 Å². The zero-order chi connectivity index (χ0) is 19.8. The maximum Gasteiger partial charge on any atom is 0.279 e. The quantitative estimate of drug-likeness (QED) is 0.798. The van der Waals surface area contributed by atoms with E-state index in [9.17, 15) is 4.79 Å². The van der Waals surface area contributed by atoms with E-state index < -0.39 is 0 Å². The van der Waals surface area contributed by atoms with Gasteiger partial charge in [0.1, 0.15) is 0 Å². The van der Waals surface area contributed by atoms with Crippen LogP contribution in [0.4, 0.5) is 5.95 Å². The van der Waals surface area contributed by atoms with Crippen molar-refractivity contribution in [2.45, 2.75) is 65.1 Å². The summed E-state index contributed by atoms with van der Waals surface area (Å²) < 4.78 is 2.33. The predicted molar refractivity (Wildman–Crippen MR) is 116 cm³/mol. The standard InChI is InChI=1S/C24H32N4O/c1-18-7-5-6-10-20(18)16-27-13-14-28-22-11-12-26(15-19-8-3-2-4-9-19)17-21(22)23(29)25-24(27)28/h5-7,10,19H,2-4,8-9,11-17H2,1H3.